The second-order valence-electron chi connectivity index (χ2n) is 6.36. The highest BCUT2D eigenvalue weighted by Crippen LogP contribution is 2.22. The van der Waals surface area contributed by atoms with Gasteiger partial charge in [0.15, 0.2) is 17.3 Å². The third kappa shape index (κ3) is 2.52. The van der Waals surface area contributed by atoms with Crippen LogP contribution >= 0.6 is 0 Å². The van der Waals surface area contributed by atoms with Crippen LogP contribution in [0.25, 0.3) is 22.4 Å². The number of imidazole rings is 1. The third-order valence-electron chi connectivity index (χ3n) is 4.57. The number of H-pyrrole nitrogens is 1. The maximum atomic E-state index is 13.2. The minimum atomic E-state index is -0.318. The zero-order valence-corrected chi connectivity index (χ0v) is 14.9. The molecule has 0 aliphatic rings. The highest BCUT2D eigenvalue weighted by molar-refractivity contribution is 5.82. The SMILES string of the molecule is CC(Nc1ncnc2nc[nH]c12)c1nn2cccc2c(=O)n1-c1ccccc1. The minimum absolute atomic E-state index is 0.135. The average molecular weight is 372 g/mol. The lowest BCUT2D eigenvalue weighted by Gasteiger charge is -2.19. The van der Waals surface area contributed by atoms with E-state index in [2.05, 4.69) is 30.4 Å². The fraction of sp³-hybridized carbons (Fsp3) is 0.105. The number of anilines is 1. The number of hydrogen-bond donors (Lipinski definition) is 2. The zero-order valence-electron chi connectivity index (χ0n) is 14.9. The number of nitrogens with one attached hydrogen (secondary N) is 2. The third-order valence-corrected chi connectivity index (χ3v) is 4.57. The number of nitrogens with zero attached hydrogens (tertiary/aromatic N) is 6. The second-order valence-corrected chi connectivity index (χ2v) is 6.36. The summed E-state index contributed by atoms with van der Waals surface area (Å²) >= 11 is 0. The fourth-order valence-corrected chi connectivity index (χ4v) is 3.25. The first-order chi connectivity index (χ1) is 13.7. The molecule has 5 aromatic rings. The lowest BCUT2D eigenvalue weighted by Crippen LogP contribution is -2.29. The Labute approximate surface area is 158 Å². The number of benzene rings is 1. The van der Waals surface area contributed by atoms with Gasteiger partial charge in [0.25, 0.3) is 5.56 Å². The Morgan fingerprint density at radius 3 is 2.79 bits per heavy atom. The molecule has 0 saturated heterocycles. The lowest BCUT2D eigenvalue weighted by atomic mass is 10.2. The molecule has 0 bridgehead atoms. The summed E-state index contributed by atoms with van der Waals surface area (Å²) in [5, 5.41) is 8.01. The largest absolute Gasteiger partial charge is 0.358 e. The van der Waals surface area contributed by atoms with Crippen LogP contribution in [0.4, 0.5) is 5.82 Å². The van der Waals surface area contributed by atoms with Crippen molar-refractivity contribution in [2.75, 3.05) is 5.32 Å². The van der Waals surface area contributed by atoms with Crippen LogP contribution in [0.3, 0.4) is 0 Å². The van der Waals surface area contributed by atoms with Crippen LogP contribution in [0.1, 0.15) is 18.8 Å². The van der Waals surface area contributed by atoms with Gasteiger partial charge in [-0.2, -0.15) is 5.10 Å². The summed E-state index contributed by atoms with van der Waals surface area (Å²) in [6.45, 7) is 1.93. The van der Waals surface area contributed by atoms with Crippen molar-refractivity contribution in [1.29, 1.82) is 0 Å². The van der Waals surface area contributed by atoms with Crippen LogP contribution in [0, 0.1) is 0 Å². The summed E-state index contributed by atoms with van der Waals surface area (Å²) in [5.41, 5.74) is 2.40. The number of aromatic nitrogens is 7. The molecule has 9 nitrogen and oxygen atoms in total. The van der Waals surface area contributed by atoms with Gasteiger partial charge in [-0.3, -0.25) is 9.36 Å². The molecular weight excluding hydrogens is 356 g/mol. The van der Waals surface area contributed by atoms with Crippen LogP contribution in [-0.4, -0.2) is 34.1 Å². The Balaban J connectivity index is 1.67. The number of aromatic amines is 1. The normalized spacial score (nSPS) is 12.5. The van der Waals surface area contributed by atoms with Gasteiger partial charge in [0, 0.05) is 6.20 Å². The van der Waals surface area contributed by atoms with Crippen LogP contribution < -0.4 is 10.9 Å². The maximum Gasteiger partial charge on any atom is 0.282 e. The van der Waals surface area contributed by atoms with Crippen LogP contribution in [0.15, 0.2) is 66.1 Å². The van der Waals surface area contributed by atoms with Crippen molar-refractivity contribution in [1.82, 2.24) is 34.1 Å². The molecule has 0 spiro atoms. The van der Waals surface area contributed by atoms with E-state index in [0.717, 1.165) is 5.69 Å². The monoisotopic (exact) mass is 372 g/mol. The minimum Gasteiger partial charge on any atom is -0.358 e. The van der Waals surface area contributed by atoms with E-state index in [1.807, 2.05) is 37.3 Å². The van der Waals surface area contributed by atoms with Crippen molar-refractivity contribution >= 4 is 22.5 Å². The first-order valence-corrected chi connectivity index (χ1v) is 8.79. The number of rotatable bonds is 4. The molecule has 1 unspecified atom stereocenters. The van der Waals surface area contributed by atoms with Gasteiger partial charge in [-0.1, -0.05) is 18.2 Å². The molecule has 4 heterocycles. The lowest BCUT2D eigenvalue weighted by molar-refractivity contribution is 0.673. The van der Waals surface area contributed by atoms with E-state index in [1.54, 1.807) is 33.7 Å². The van der Waals surface area contributed by atoms with Crippen molar-refractivity contribution in [3.63, 3.8) is 0 Å². The summed E-state index contributed by atoms with van der Waals surface area (Å²) in [5.74, 6) is 1.16. The molecule has 4 aromatic heterocycles. The molecule has 1 aromatic carbocycles. The van der Waals surface area contributed by atoms with Gasteiger partial charge in [0.2, 0.25) is 0 Å². The van der Waals surface area contributed by atoms with Gasteiger partial charge < -0.3 is 10.3 Å². The molecule has 0 amide bonds. The molecule has 5 rings (SSSR count). The summed E-state index contributed by atoms with van der Waals surface area (Å²) in [6, 6.07) is 12.7. The smallest absolute Gasteiger partial charge is 0.282 e. The first-order valence-electron chi connectivity index (χ1n) is 8.79. The molecule has 2 N–H and O–H groups in total. The van der Waals surface area contributed by atoms with E-state index < -0.39 is 0 Å². The summed E-state index contributed by atoms with van der Waals surface area (Å²) in [6.07, 6.45) is 4.78. The van der Waals surface area contributed by atoms with E-state index in [1.165, 1.54) is 6.33 Å². The van der Waals surface area contributed by atoms with E-state index >= 15 is 0 Å². The topological polar surface area (TPSA) is 106 Å². The highest BCUT2D eigenvalue weighted by atomic mass is 16.1. The Bertz CT molecular complexity index is 1330. The molecule has 0 radical (unpaired) electrons. The number of fused-ring (bicyclic) bond motifs is 2. The van der Waals surface area contributed by atoms with Gasteiger partial charge in [-0.15, -0.1) is 0 Å². The van der Waals surface area contributed by atoms with E-state index in [0.29, 0.717) is 28.3 Å². The molecule has 138 valence electrons. The molecular formula is C19H16N8O. The molecule has 0 aliphatic heterocycles. The van der Waals surface area contributed by atoms with Crippen LogP contribution in [-0.2, 0) is 0 Å². The number of hydrogen-bond acceptors (Lipinski definition) is 6. The quantitative estimate of drug-likeness (QED) is 0.502. The maximum absolute atomic E-state index is 13.2. The zero-order chi connectivity index (χ0) is 19.1. The predicted molar refractivity (Wildman–Crippen MR) is 105 cm³/mol. The highest BCUT2D eigenvalue weighted by Gasteiger charge is 2.19. The molecule has 1 atom stereocenters. The van der Waals surface area contributed by atoms with Gasteiger partial charge in [-0.05, 0) is 31.2 Å². The Morgan fingerprint density at radius 1 is 1.07 bits per heavy atom. The van der Waals surface area contributed by atoms with Gasteiger partial charge >= 0.3 is 0 Å². The van der Waals surface area contributed by atoms with Gasteiger partial charge in [0.1, 0.15) is 17.4 Å². The Hall–Kier alpha value is -4.01. The average Bonchev–Trinajstić information content (AvgIpc) is 3.38. The molecule has 28 heavy (non-hydrogen) atoms. The Kier molecular flexibility index (Phi) is 3.64. The molecule has 0 fully saturated rings. The van der Waals surface area contributed by atoms with Crippen LogP contribution in [0.5, 0.6) is 0 Å². The van der Waals surface area contributed by atoms with Crippen molar-refractivity contribution < 1.29 is 0 Å². The van der Waals surface area contributed by atoms with E-state index in [4.69, 9.17) is 0 Å². The van der Waals surface area contributed by atoms with E-state index in [9.17, 15) is 4.79 Å². The molecule has 0 saturated carbocycles. The summed E-state index contributed by atoms with van der Waals surface area (Å²) < 4.78 is 3.22. The first kappa shape index (κ1) is 16.2. The summed E-state index contributed by atoms with van der Waals surface area (Å²) in [4.78, 5) is 28.8. The molecule has 9 heteroatoms. The fourth-order valence-electron chi connectivity index (χ4n) is 3.25. The van der Waals surface area contributed by atoms with Crippen molar-refractivity contribution in [3.05, 3.63) is 77.5 Å². The summed E-state index contributed by atoms with van der Waals surface area (Å²) in [7, 11) is 0. The predicted octanol–water partition coefficient (Wildman–Crippen LogP) is 2.32. The van der Waals surface area contributed by atoms with Crippen molar-refractivity contribution in [3.8, 4) is 5.69 Å². The van der Waals surface area contributed by atoms with Crippen LogP contribution in [0.2, 0.25) is 0 Å². The molecule has 0 aliphatic carbocycles. The van der Waals surface area contributed by atoms with Gasteiger partial charge in [0.05, 0.1) is 18.1 Å². The Morgan fingerprint density at radius 2 is 1.93 bits per heavy atom. The van der Waals surface area contributed by atoms with E-state index in [-0.39, 0.29) is 11.6 Å². The van der Waals surface area contributed by atoms with Crippen molar-refractivity contribution in [2.45, 2.75) is 13.0 Å². The standard InChI is InChI=1S/C19H16N8O/c1-12(24-17-15-16(21-10-20-15)22-11-23-17)18-25-26-9-5-8-14(26)19(28)27(18)13-6-3-2-4-7-13/h2-12H,1H3,(H2,20,21,22,23,24). The van der Waals surface area contributed by atoms with Crippen molar-refractivity contribution in [2.24, 2.45) is 0 Å². The number of para-hydroxylation sites is 1. The second kappa shape index (κ2) is 6.31. The van der Waals surface area contributed by atoms with Gasteiger partial charge in [-0.25, -0.2) is 19.5 Å².